The molecule has 74 valence electrons. The van der Waals surface area contributed by atoms with E-state index in [1.165, 1.54) is 0 Å². The highest BCUT2D eigenvalue weighted by Gasteiger charge is 1.97. The molecule has 0 radical (unpaired) electrons. The first-order valence-electron chi connectivity index (χ1n) is 3.87. The fourth-order valence-corrected chi connectivity index (χ4v) is 1.35. The van der Waals surface area contributed by atoms with Crippen molar-refractivity contribution in [2.24, 2.45) is 0 Å². The second kappa shape index (κ2) is 7.82. The molecular weight excluding hydrogens is 188 g/mol. The van der Waals surface area contributed by atoms with Crippen LogP contribution in [0.4, 0.5) is 0 Å². The summed E-state index contributed by atoms with van der Waals surface area (Å²) in [6.45, 7) is 1.90. The monoisotopic (exact) mass is 202 g/mol. The van der Waals surface area contributed by atoms with Gasteiger partial charge in [-0.15, -0.1) is 21.5 Å². The minimum atomic E-state index is 0.550. The van der Waals surface area contributed by atoms with Crippen LogP contribution in [-0.4, -0.2) is 30.7 Å². The number of ether oxygens (including phenoxy) is 1. The molecule has 0 aliphatic rings. The number of rotatable bonds is 3. The molecule has 1 heterocycles. The number of carbonyl (C=O) groups is 1. The topological polar surface area (TPSA) is 52.1 Å². The van der Waals surface area contributed by atoms with E-state index in [9.17, 15) is 4.79 Å². The molecule has 0 amide bonds. The van der Waals surface area contributed by atoms with Gasteiger partial charge in [-0.1, -0.05) is 0 Å². The Balaban J connectivity index is 0.000000424. The second-order valence-electron chi connectivity index (χ2n) is 2.33. The normalized spacial score (nSPS) is 8.85. The fourth-order valence-electron chi connectivity index (χ4n) is 0.621. The Morgan fingerprint density at radius 2 is 2.08 bits per heavy atom. The van der Waals surface area contributed by atoms with E-state index in [-0.39, 0.29) is 0 Å². The van der Waals surface area contributed by atoms with E-state index in [0.29, 0.717) is 6.42 Å². The van der Waals surface area contributed by atoms with E-state index in [4.69, 9.17) is 0 Å². The summed E-state index contributed by atoms with van der Waals surface area (Å²) in [6, 6.07) is 0. The van der Waals surface area contributed by atoms with Crippen molar-refractivity contribution in [3.63, 3.8) is 0 Å². The number of hydrogen-bond donors (Lipinski definition) is 0. The number of nitrogens with zero attached hydrogens (tertiary/aromatic N) is 2. The number of methoxy groups -OCH3 is 1. The highest BCUT2D eigenvalue weighted by atomic mass is 32.1. The molecule has 0 unspecified atom stereocenters. The van der Waals surface area contributed by atoms with Gasteiger partial charge in [0.25, 0.3) is 0 Å². The molecule has 4 nitrogen and oxygen atoms in total. The third kappa shape index (κ3) is 6.36. The number of aldehydes is 1. The van der Waals surface area contributed by atoms with Crippen molar-refractivity contribution in [3.8, 4) is 0 Å². The van der Waals surface area contributed by atoms with E-state index < -0.39 is 0 Å². The standard InChI is InChI=1S/C6H8N2OS.C2H6O/c1-5-7-8-6(10-5)3-2-4-9;1-3-2/h4H,2-3H2,1H3;1-2H3. The lowest BCUT2D eigenvalue weighted by atomic mass is 10.3. The smallest absolute Gasteiger partial charge is 0.120 e. The fraction of sp³-hybridized carbons (Fsp3) is 0.625. The summed E-state index contributed by atoms with van der Waals surface area (Å²) in [6.07, 6.45) is 2.18. The minimum absolute atomic E-state index is 0.550. The van der Waals surface area contributed by atoms with Gasteiger partial charge in [-0.05, 0) is 6.92 Å². The van der Waals surface area contributed by atoms with Gasteiger partial charge in [-0.2, -0.15) is 0 Å². The zero-order valence-corrected chi connectivity index (χ0v) is 8.93. The largest absolute Gasteiger partial charge is 0.388 e. The van der Waals surface area contributed by atoms with Crippen LogP contribution in [0.25, 0.3) is 0 Å². The molecule has 0 spiro atoms. The first kappa shape index (κ1) is 12.2. The van der Waals surface area contributed by atoms with Gasteiger partial charge in [-0.3, -0.25) is 0 Å². The molecule has 5 heteroatoms. The first-order chi connectivity index (χ1) is 6.24. The molecular formula is C8H14N2O2S. The number of aryl methyl sites for hydroxylation is 2. The molecule has 0 saturated carbocycles. The molecule has 0 N–H and O–H groups in total. The Bertz CT molecular complexity index is 238. The molecule has 0 fully saturated rings. The SMILES string of the molecule is COC.Cc1nnc(CCC=O)s1. The zero-order valence-electron chi connectivity index (χ0n) is 8.11. The van der Waals surface area contributed by atoms with Gasteiger partial charge < -0.3 is 9.53 Å². The molecule has 0 aromatic carbocycles. The molecule has 1 rings (SSSR count). The Morgan fingerprint density at radius 3 is 2.46 bits per heavy atom. The van der Waals surface area contributed by atoms with E-state index in [0.717, 1.165) is 22.7 Å². The minimum Gasteiger partial charge on any atom is -0.388 e. The number of aromatic nitrogens is 2. The molecule has 0 bridgehead atoms. The van der Waals surface area contributed by atoms with Crippen molar-refractivity contribution in [1.29, 1.82) is 0 Å². The lowest BCUT2D eigenvalue weighted by Crippen LogP contribution is -1.83. The Hall–Kier alpha value is -0.810. The summed E-state index contributed by atoms with van der Waals surface area (Å²) in [4.78, 5) is 9.94. The van der Waals surface area contributed by atoms with Crippen molar-refractivity contribution in [1.82, 2.24) is 10.2 Å². The van der Waals surface area contributed by atoms with Crippen LogP contribution in [0, 0.1) is 6.92 Å². The molecule has 1 aromatic rings. The number of hydrogen-bond acceptors (Lipinski definition) is 5. The highest BCUT2D eigenvalue weighted by Crippen LogP contribution is 2.08. The van der Waals surface area contributed by atoms with Crippen molar-refractivity contribution >= 4 is 17.6 Å². The van der Waals surface area contributed by atoms with Gasteiger partial charge in [0.2, 0.25) is 0 Å². The van der Waals surface area contributed by atoms with Crippen molar-refractivity contribution in [2.45, 2.75) is 19.8 Å². The van der Waals surface area contributed by atoms with Crippen molar-refractivity contribution < 1.29 is 9.53 Å². The van der Waals surface area contributed by atoms with Crippen LogP contribution in [0.5, 0.6) is 0 Å². The van der Waals surface area contributed by atoms with Crippen LogP contribution in [0.1, 0.15) is 16.4 Å². The predicted octanol–water partition coefficient (Wildman–Crippen LogP) is 1.24. The summed E-state index contributed by atoms with van der Waals surface area (Å²) in [5, 5.41) is 9.59. The van der Waals surface area contributed by atoms with E-state index in [2.05, 4.69) is 14.9 Å². The summed E-state index contributed by atoms with van der Waals surface area (Å²) in [5.41, 5.74) is 0. The van der Waals surface area contributed by atoms with Gasteiger partial charge in [0, 0.05) is 27.1 Å². The molecule has 0 aliphatic heterocycles. The Labute approximate surface area is 82.0 Å². The lowest BCUT2D eigenvalue weighted by molar-refractivity contribution is -0.107. The van der Waals surface area contributed by atoms with Gasteiger partial charge >= 0.3 is 0 Å². The first-order valence-corrected chi connectivity index (χ1v) is 4.69. The van der Waals surface area contributed by atoms with Gasteiger partial charge in [0.1, 0.15) is 16.3 Å². The predicted molar refractivity (Wildman–Crippen MR) is 52.0 cm³/mol. The van der Waals surface area contributed by atoms with E-state index in [1.807, 2.05) is 6.92 Å². The van der Waals surface area contributed by atoms with Crippen LogP contribution in [0.2, 0.25) is 0 Å². The quantitative estimate of drug-likeness (QED) is 0.692. The Kier molecular flexibility index (Phi) is 7.33. The van der Waals surface area contributed by atoms with Gasteiger partial charge in [0.05, 0.1) is 0 Å². The lowest BCUT2D eigenvalue weighted by Gasteiger charge is -1.82. The Morgan fingerprint density at radius 1 is 1.46 bits per heavy atom. The summed E-state index contributed by atoms with van der Waals surface area (Å²) in [5.74, 6) is 0. The van der Waals surface area contributed by atoms with Crippen LogP contribution in [-0.2, 0) is 16.0 Å². The van der Waals surface area contributed by atoms with Crippen LogP contribution in [0.15, 0.2) is 0 Å². The third-order valence-electron chi connectivity index (χ3n) is 1.04. The van der Waals surface area contributed by atoms with E-state index >= 15 is 0 Å². The van der Waals surface area contributed by atoms with Crippen molar-refractivity contribution in [2.75, 3.05) is 14.2 Å². The maximum atomic E-state index is 9.94. The average Bonchev–Trinajstić information content (AvgIpc) is 2.49. The maximum absolute atomic E-state index is 9.94. The highest BCUT2D eigenvalue weighted by molar-refractivity contribution is 7.11. The van der Waals surface area contributed by atoms with E-state index in [1.54, 1.807) is 25.6 Å². The molecule has 0 aliphatic carbocycles. The molecule has 0 atom stereocenters. The van der Waals surface area contributed by atoms with Crippen LogP contribution >= 0.6 is 11.3 Å². The summed E-state index contributed by atoms with van der Waals surface area (Å²) < 4.78 is 4.25. The molecule has 0 saturated heterocycles. The maximum Gasteiger partial charge on any atom is 0.120 e. The van der Waals surface area contributed by atoms with Gasteiger partial charge in [-0.25, -0.2) is 0 Å². The second-order valence-corrected chi connectivity index (χ2v) is 3.59. The zero-order chi connectivity index (χ0) is 10.1. The molecule has 1 aromatic heterocycles. The molecule has 13 heavy (non-hydrogen) atoms. The van der Waals surface area contributed by atoms with Crippen LogP contribution < -0.4 is 0 Å². The third-order valence-corrected chi connectivity index (χ3v) is 1.94. The average molecular weight is 202 g/mol. The van der Waals surface area contributed by atoms with Crippen molar-refractivity contribution in [3.05, 3.63) is 10.0 Å². The van der Waals surface area contributed by atoms with Crippen LogP contribution in [0.3, 0.4) is 0 Å². The summed E-state index contributed by atoms with van der Waals surface area (Å²) in [7, 11) is 3.25. The van der Waals surface area contributed by atoms with Gasteiger partial charge in [0.15, 0.2) is 0 Å². The summed E-state index contributed by atoms with van der Waals surface area (Å²) >= 11 is 1.55. The number of carbonyl (C=O) groups excluding carboxylic acids is 1.